The Balaban J connectivity index is 1.55. The van der Waals surface area contributed by atoms with Gasteiger partial charge in [0, 0.05) is 35.5 Å². The molecular formula is C29H37N2O+. The van der Waals surface area contributed by atoms with Crippen LogP contribution in [0.2, 0.25) is 0 Å². The highest BCUT2D eigenvalue weighted by Gasteiger charge is 2.45. The highest BCUT2D eigenvalue weighted by Crippen LogP contribution is 2.47. The van der Waals surface area contributed by atoms with E-state index in [4.69, 9.17) is 0 Å². The van der Waals surface area contributed by atoms with Crippen molar-refractivity contribution in [2.24, 2.45) is 0 Å². The van der Waals surface area contributed by atoms with Crippen molar-refractivity contribution in [1.29, 1.82) is 0 Å². The first-order valence-corrected chi connectivity index (χ1v) is 11.8. The number of aliphatic hydroxyl groups is 1. The maximum atomic E-state index is 9.40. The molecule has 168 valence electrons. The summed E-state index contributed by atoms with van der Waals surface area (Å²) in [5, 5.41) is 9.40. The van der Waals surface area contributed by atoms with E-state index in [0.29, 0.717) is 6.04 Å². The largest absolute Gasteiger partial charge is 0.396 e. The third-order valence-corrected chi connectivity index (χ3v) is 7.41. The molecule has 4 rings (SSSR count). The van der Waals surface area contributed by atoms with Gasteiger partial charge in [-0.05, 0) is 50.1 Å². The number of benzene rings is 2. The van der Waals surface area contributed by atoms with Gasteiger partial charge in [-0.1, -0.05) is 68.5 Å². The van der Waals surface area contributed by atoms with Gasteiger partial charge in [0.2, 0.25) is 0 Å². The van der Waals surface area contributed by atoms with Crippen molar-refractivity contribution in [3.63, 3.8) is 0 Å². The monoisotopic (exact) mass is 429 g/mol. The molecule has 2 aromatic carbocycles. The van der Waals surface area contributed by atoms with E-state index in [1.165, 1.54) is 33.1 Å². The Labute approximate surface area is 193 Å². The fourth-order valence-corrected chi connectivity index (χ4v) is 5.65. The van der Waals surface area contributed by atoms with E-state index >= 15 is 0 Å². The number of nitrogens with zero attached hydrogens (tertiary/aromatic N) is 1. The molecule has 2 N–H and O–H groups in total. The molecule has 2 heterocycles. The number of likely N-dealkylation sites (N-methyl/N-ethyl adjacent to an activating group) is 1. The smallest absolute Gasteiger partial charge is 0.135 e. The third kappa shape index (κ3) is 3.74. The quantitative estimate of drug-likeness (QED) is 0.653. The van der Waals surface area contributed by atoms with Gasteiger partial charge in [-0.25, -0.2) is 0 Å². The fraction of sp³-hybridized carbons (Fsp3) is 0.379. The number of quaternary nitrogens is 1. The van der Waals surface area contributed by atoms with Crippen LogP contribution in [0.25, 0.3) is 0 Å². The fourth-order valence-electron chi connectivity index (χ4n) is 5.65. The Hall–Kier alpha value is -2.62. The highest BCUT2D eigenvalue weighted by atomic mass is 16.3. The molecule has 0 bridgehead atoms. The Morgan fingerprint density at radius 2 is 1.62 bits per heavy atom. The zero-order valence-corrected chi connectivity index (χ0v) is 20.1. The number of rotatable bonds is 6. The molecule has 0 saturated heterocycles. The molecule has 2 aliphatic heterocycles. The van der Waals surface area contributed by atoms with Crippen LogP contribution in [0.3, 0.4) is 0 Å². The number of hydrogen-bond donors (Lipinski definition) is 2. The van der Waals surface area contributed by atoms with Crippen LogP contribution in [0.5, 0.6) is 0 Å². The van der Waals surface area contributed by atoms with Gasteiger partial charge in [0.05, 0.1) is 12.5 Å². The number of hydrogen-bond acceptors (Lipinski definition) is 2. The van der Waals surface area contributed by atoms with Crippen LogP contribution in [0, 0.1) is 0 Å². The molecule has 32 heavy (non-hydrogen) atoms. The second kappa shape index (κ2) is 8.73. The Kier molecular flexibility index (Phi) is 6.15. The summed E-state index contributed by atoms with van der Waals surface area (Å²) in [6.07, 6.45) is 11.9. The van der Waals surface area contributed by atoms with Crippen molar-refractivity contribution in [1.82, 2.24) is 0 Å². The lowest BCUT2D eigenvalue weighted by atomic mass is 9.80. The van der Waals surface area contributed by atoms with Crippen molar-refractivity contribution < 1.29 is 10.0 Å². The molecule has 3 nitrogen and oxygen atoms in total. The van der Waals surface area contributed by atoms with Crippen molar-refractivity contribution in [3.05, 3.63) is 95.7 Å². The number of para-hydroxylation sites is 2. The molecule has 0 amide bonds. The van der Waals surface area contributed by atoms with E-state index in [1.807, 2.05) is 0 Å². The molecule has 0 radical (unpaired) electrons. The summed E-state index contributed by atoms with van der Waals surface area (Å²) in [5.74, 6) is 0. The van der Waals surface area contributed by atoms with Crippen molar-refractivity contribution in [2.75, 3.05) is 25.1 Å². The summed E-state index contributed by atoms with van der Waals surface area (Å²) in [5.41, 5.74) is 6.81. The number of allylic oxidation sites excluding steroid dienone is 5. The minimum atomic E-state index is -0.0560. The number of anilines is 1. The average molecular weight is 430 g/mol. The maximum Gasteiger partial charge on any atom is 0.135 e. The predicted octanol–water partition coefficient (Wildman–Crippen LogP) is 4.67. The first-order valence-electron chi connectivity index (χ1n) is 11.8. The normalized spacial score (nSPS) is 24.6. The Morgan fingerprint density at radius 3 is 2.34 bits per heavy atom. The van der Waals surface area contributed by atoms with Gasteiger partial charge in [-0.2, -0.15) is 0 Å². The van der Waals surface area contributed by atoms with E-state index in [-0.39, 0.29) is 17.4 Å². The van der Waals surface area contributed by atoms with Crippen LogP contribution in [-0.2, 0) is 10.8 Å². The van der Waals surface area contributed by atoms with Crippen LogP contribution in [-0.4, -0.2) is 31.3 Å². The van der Waals surface area contributed by atoms with Crippen molar-refractivity contribution in [2.45, 2.75) is 51.0 Å². The van der Waals surface area contributed by atoms with Crippen molar-refractivity contribution >= 4 is 11.4 Å². The molecular weight excluding hydrogens is 392 g/mol. The highest BCUT2D eigenvalue weighted by molar-refractivity contribution is 5.70. The van der Waals surface area contributed by atoms with E-state index in [9.17, 15) is 5.11 Å². The van der Waals surface area contributed by atoms with Crippen LogP contribution < -0.4 is 9.80 Å². The van der Waals surface area contributed by atoms with Gasteiger partial charge in [-0.15, -0.1) is 0 Å². The second-order valence-corrected chi connectivity index (χ2v) is 10.1. The molecule has 0 saturated carbocycles. The Bertz CT molecular complexity index is 1060. The summed E-state index contributed by atoms with van der Waals surface area (Å²) >= 11 is 0. The lowest BCUT2D eigenvalue weighted by Gasteiger charge is -2.26. The SMILES string of the molecule is C[NH+]1c2ccccc2C(C)(C)C1/C=C/C=C/C=C1/N(CCCO)c2ccccc2C1(C)C. The van der Waals surface area contributed by atoms with Crippen LogP contribution >= 0.6 is 0 Å². The molecule has 2 unspecified atom stereocenters. The van der Waals surface area contributed by atoms with Crippen LogP contribution in [0.1, 0.15) is 45.2 Å². The van der Waals surface area contributed by atoms with E-state index in [2.05, 4.69) is 119 Å². The van der Waals surface area contributed by atoms with Gasteiger partial charge < -0.3 is 10.0 Å². The van der Waals surface area contributed by atoms with Gasteiger partial charge in [0.25, 0.3) is 0 Å². The van der Waals surface area contributed by atoms with Crippen molar-refractivity contribution in [3.8, 4) is 0 Å². The minimum Gasteiger partial charge on any atom is -0.396 e. The van der Waals surface area contributed by atoms with Gasteiger partial charge in [0.1, 0.15) is 11.7 Å². The summed E-state index contributed by atoms with van der Waals surface area (Å²) < 4.78 is 0. The predicted molar refractivity (Wildman–Crippen MR) is 135 cm³/mol. The number of nitrogens with one attached hydrogen (secondary N) is 1. The standard InChI is InChI=1S/C29H36N2O/c1-28(2)22-14-9-11-16-24(22)30(5)26(28)18-7-6-8-19-27-29(3,4)23-15-10-12-17-25(23)31(27)20-13-21-32/h6-12,14-19,26,32H,13,20-21H2,1-5H3/p+1/b8-6+,18-7+,27-19+. The zero-order valence-electron chi connectivity index (χ0n) is 20.1. The molecule has 0 aromatic heterocycles. The summed E-state index contributed by atoms with van der Waals surface area (Å²) in [4.78, 5) is 3.82. The molecule has 2 atom stereocenters. The van der Waals surface area contributed by atoms with Crippen LogP contribution in [0.4, 0.5) is 11.4 Å². The zero-order chi connectivity index (χ0) is 22.9. The molecule has 3 heteroatoms. The van der Waals surface area contributed by atoms with Crippen LogP contribution in [0.15, 0.2) is 84.6 Å². The average Bonchev–Trinajstić information content (AvgIpc) is 3.11. The third-order valence-electron chi connectivity index (χ3n) is 7.41. The summed E-state index contributed by atoms with van der Waals surface area (Å²) in [6, 6.07) is 17.9. The molecule has 0 fully saturated rings. The first kappa shape index (κ1) is 22.6. The second-order valence-electron chi connectivity index (χ2n) is 10.1. The van der Waals surface area contributed by atoms with E-state index < -0.39 is 0 Å². The number of fused-ring (bicyclic) bond motifs is 2. The minimum absolute atomic E-state index is 0.0560. The maximum absolute atomic E-state index is 9.40. The lowest BCUT2D eigenvalue weighted by molar-refractivity contribution is -0.828. The summed E-state index contributed by atoms with van der Waals surface area (Å²) in [7, 11) is 2.27. The molecule has 2 aromatic rings. The summed E-state index contributed by atoms with van der Waals surface area (Å²) in [6.45, 7) is 10.3. The first-order chi connectivity index (χ1) is 15.3. The van der Waals surface area contributed by atoms with Gasteiger partial charge in [0.15, 0.2) is 0 Å². The molecule has 0 aliphatic carbocycles. The van der Waals surface area contributed by atoms with E-state index in [0.717, 1.165) is 13.0 Å². The van der Waals surface area contributed by atoms with Gasteiger partial charge >= 0.3 is 0 Å². The Morgan fingerprint density at radius 1 is 0.938 bits per heavy atom. The topological polar surface area (TPSA) is 27.9 Å². The van der Waals surface area contributed by atoms with E-state index in [1.54, 1.807) is 0 Å². The molecule has 2 aliphatic rings. The molecule has 0 spiro atoms. The van der Waals surface area contributed by atoms with Gasteiger partial charge in [-0.3, -0.25) is 4.90 Å². The number of aliphatic hydroxyl groups excluding tert-OH is 1. The lowest BCUT2D eigenvalue weighted by Crippen LogP contribution is -3.07.